The Labute approximate surface area is 74.2 Å². The van der Waals surface area contributed by atoms with Crippen LogP contribution in [0.5, 0.6) is 0 Å². The number of primary amides is 1. The number of amides is 1. The molecular weight excluding hydrogens is 185 g/mol. The van der Waals surface area contributed by atoms with E-state index < -0.39 is 11.7 Å². The summed E-state index contributed by atoms with van der Waals surface area (Å²) in [5.74, 6) is -1.69. The predicted molar refractivity (Wildman–Crippen MR) is 44.4 cm³/mol. The molecule has 0 spiro atoms. The van der Waals surface area contributed by atoms with Crippen LogP contribution in [0.25, 0.3) is 0 Å². The van der Waals surface area contributed by atoms with E-state index in [4.69, 9.17) is 11.5 Å². The van der Waals surface area contributed by atoms with Gasteiger partial charge in [-0.05, 0) is 0 Å². The maximum atomic E-state index is 12.7. The van der Waals surface area contributed by atoms with Crippen molar-refractivity contribution in [1.29, 1.82) is 0 Å². The van der Waals surface area contributed by atoms with Crippen molar-refractivity contribution in [2.24, 2.45) is 5.73 Å². The van der Waals surface area contributed by atoms with Crippen LogP contribution >= 0.6 is 12.4 Å². The molecule has 1 aromatic rings. The number of hydrogen-bond acceptors (Lipinski definition) is 3. The Morgan fingerprint density at radius 2 is 2.17 bits per heavy atom. The number of carbonyl (C=O) groups is 1. The van der Waals surface area contributed by atoms with Gasteiger partial charge in [0.05, 0.1) is 11.9 Å². The maximum absolute atomic E-state index is 12.7. The highest BCUT2D eigenvalue weighted by Gasteiger charge is 2.08. The summed E-state index contributed by atoms with van der Waals surface area (Å²) in [6.07, 6.45) is 1.17. The first kappa shape index (κ1) is 10.6. The lowest BCUT2D eigenvalue weighted by Crippen LogP contribution is -2.15. The van der Waals surface area contributed by atoms with Crippen LogP contribution in [0.2, 0.25) is 0 Å². The van der Waals surface area contributed by atoms with E-state index in [1.165, 1.54) is 6.20 Å². The molecular formula is C6H7ClFN3O. The molecule has 0 aromatic carbocycles. The molecule has 0 fully saturated rings. The lowest BCUT2D eigenvalue weighted by molar-refractivity contribution is 0.0991. The van der Waals surface area contributed by atoms with Crippen molar-refractivity contribution in [3.05, 3.63) is 23.8 Å². The van der Waals surface area contributed by atoms with Crippen molar-refractivity contribution in [2.45, 2.75) is 0 Å². The van der Waals surface area contributed by atoms with Crippen LogP contribution in [0.3, 0.4) is 0 Å². The van der Waals surface area contributed by atoms with Crippen LogP contribution < -0.4 is 11.5 Å². The molecule has 12 heavy (non-hydrogen) atoms. The van der Waals surface area contributed by atoms with E-state index in [9.17, 15) is 9.18 Å². The summed E-state index contributed by atoms with van der Waals surface area (Å²) < 4.78 is 12.7. The van der Waals surface area contributed by atoms with Crippen LogP contribution in [-0.2, 0) is 0 Å². The number of halogens is 2. The fourth-order valence-electron chi connectivity index (χ4n) is 0.634. The lowest BCUT2D eigenvalue weighted by Gasteiger charge is -1.96. The number of hydrogen-bond donors (Lipinski definition) is 2. The van der Waals surface area contributed by atoms with Gasteiger partial charge in [-0.15, -0.1) is 12.4 Å². The standard InChI is InChI=1S/C6H6FN3O.ClH/c7-4-1-3(8)2-10-5(4)6(9)11;/h1-2H,8H2,(H2,9,11);1H. The smallest absolute Gasteiger partial charge is 0.270 e. The van der Waals surface area contributed by atoms with Gasteiger partial charge in [0, 0.05) is 6.07 Å². The van der Waals surface area contributed by atoms with Gasteiger partial charge in [-0.25, -0.2) is 9.37 Å². The lowest BCUT2D eigenvalue weighted by atomic mass is 10.3. The van der Waals surface area contributed by atoms with Gasteiger partial charge in [-0.2, -0.15) is 0 Å². The SMILES string of the molecule is Cl.NC(=O)c1ncc(N)cc1F. The number of rotatable bonds is 1. The van der Waals surface area contributed by atoms with E-state index in [2.05, 4.69) is 4.98 Å². The Morgan fingerprint density at radius 3 is 2.58 bits per heavy atom. The minimum absolute atomic E-state index is 0. The average molecular weight is 192 g/mol. The summed E-state index contributed by atoms with van der Waals surface area (Å²) in [5.41, 5.74) is 9.73. The summed E-state index contributed by atoms with van der Waals surface area (Å²) in [6, 6.07) is 0.993. The van der Waals surface area contributed by atoms with Crippen LogP contribution in [0.4, 0.5) is 10.1 Å². The quantitative estimate of drug-likeness (QED) is 0.671. The summed E-state index contributed by atoms with van der Waals surface area (Å²) in [7, 11) is 0. The molecule has 0 aliphatic carbocycles. The average Bonchev–Trinajstić information content (AvgIpc) is 1.85. The van der Waals surface area contributed by atoms with E-state index in [0.29, 0.717) is 0 Å². The molecule has 1 aromatic heterocycles. The van der Waals surface area contributed by atoms with E-state index in [0.717, 1.165) is 6.07 Å². The number of nitrogens with zero attached hydrogens (tertiary/aromatic N) is 1. The number of nitrogen functional groups attached to an aromatic ring is 1. The van der Waals surface area contributed by atoms with Gasteiger partial charge in [0.15, 0.2) is 11.5 Å². The van der Waals surface area contributed by atoms with Gasteiger partial charge in [-0.1, -0.05) is 0 Å². The zero-order chi connectivity index (χ0) is 8.43. The number of anilines is 1. The summed E-state index contributed by atoms with van der Waals surface area (Å²) in [5, 5.41) is 0. The molecule has 0 bridgehead atoms. The van der Waals surface area contributed by atoms with Gasteiger partial charge in [0.25, 0.3) is 5.91 Å². The van der Waals surface area contributed by atoms with Crippen molar-refractivity contribution in [3.63, 3.8) is 0 Å². The molecule has 66 valence electrons. The number of pyridine rings is 1. The van der Waals surface area contributed by atoms with Crippen molar-refractivity contribution in [1.82, 2.24) is 4.98 Å². The summed E-state index contributed by atoms with van der Waals surface area (Å²) in [6.45, 7) is 0. The summed E-state index contributed by atoms with van der Waals surface area (Å²) in [4.78, 5) is 13.8. The second-order valence-electron chi connectivity index (χ2n) is 1.96. The molecule has 0 aliphatic rings. The second kappa shape index (κ2) is 3.87. The van der Waals surface area contributed by atoms with E-state index in [1.807, 2.05) is 0 Å². The molecule has 4 nitrogen and oxygen atoms in total. The number of nitrogens with two attached hydrogens (primary N) is 2. The van der Waals surface area contributed by atoms with Crippen molar-refractivity contribution < 1.29 is 9.18 Å². The van der Waals surface area contributed by atoms with E-state index in [1.54, 1.807) is 0 Å². The molecule has 1 heterocycles. The Bertz CT molecular complexity index is 305. The molecule has 0 atom stereocenters. The summed E-state index contributed by atoms with van der Waals surface area (Å²) >= 11 is 0. The molecule has 6 heteroatoms. The van der Waals surface area contributed by atoms with Crippen LogP contribution in [0, 0.1) is 5.82 Å². The van der Waals surface area contributed by atoms with Crippen LogP contribution in [0.15, 0.2) is 12.3 Å². The Morgan fingerprint density at radius 1 is 1.58 bits per heavy atom. The molecule has 0 aliphatic heterocycles. The zero-order valence-electron chi connectivity index (χ0n) is 5.95. The number of aromatic nitrogens is 1. The third-order valence-corrected chi connectivity index (χ3v) is 1.10. The van der Waals surface area contributed by atoms with Gasteiger partial charge >= 0.3 is 0 Å². The van der Waals surface area contributed by atoms with Gasteiger partial charge < -0.3 is 11.5 Å². The van der Waals surface area contributed by atoms with Crippen molar-refractivity contribution in [3.8, 4) is 0 Å². The first-order valence-electron chi connectivity index (χ1n) is 2.82. The first-order valence-corrected chi connectivity index (χ1v) is 2.82. The van der Waals surface area contributed by atoms with Gasteiger partial charge in [0.1, 0.15) is 0 Å². The normalized spacial score (nSPS) is 8.75. The van der Waals surface area contributed by atoms with Crippen molar-refractivity contribution >= 4 is 24.0 Å². The third-order valence-electron chi connectivity index (χ3n) is 1.10. The fourth-order valence-corrected chi connectivity index (χ4v) is 0.634. The van der Waals surface area contributed by atoms with E-state index in [-0.39, 0.29) is 23.8 Å². The van der Waals surface area contributed by atoms with Crippen LogP contribution in [-0.4, -0.2) is 10.9 Å². The zero-order valence-corrected chi connectivity index (χ0v) is 6.77. The highest BCUT2D eigenvalue weighted by atomic mass is 35.5. The Balaban J connectivity index is 0.00000121. The fraction of sp³-hybridized carbons (Fsp3) is 0. The second-order valence-corrected chi connectivity index (χ2v) is 1.96. The van der Waals surface area contributed by atoms with Crippen molar-refractivity contribution in [2.75, 3.05) is 5.73 Å². The molecule has 0 saturated carbocycles. The maximum Gasteiger partial charge on any atom is 0.270 e. The monoisotopic (exact) mass is 191 g/mol. The third kappa shape index (κ3) is 2.06. The molecule has 4 N–H and O–H groups in total. The number of carbonyl (C=O) groups excluding carboxylic acids is 1. The largest absolute Gasteiger partial charge is 0.397 e. The van der Waals surface area contributed by atoms with Gasteiger partial charge in [0.2, 0.25) is 0 Å². The Hall–Kier alpha value is -1.36. The molecule has 0 saturated heterocycles. The van der Waals surface area contributed by atoms with Gasteiger partial charge in [-0.3, -0.25) is 4.79 Å². The molecule has 1 amide bonds. The minimum Gasteiger partial charge on any atom is -0.397 e. The minimum atomic E-state index is -0.900. The molecule has 0 radical (unpaired) electrons. The molecule has 1 rings (SSSR count). The molecule has 0 unspecified atom stereocenters. The first-order chi connectivity index (χ1) is 5.11. The highest BCUT2D eigenvalue weighted by molar-refractivity contribution is 5.91. The van der Waals surface area contributed by atoms with E-state index >= 15 is 0 Å². The topological polar surface area (TPSA) is 82.0 Å². The predicted octanol–water partition coefficient (Wildman–Crippen LogP) is 0.324. The Kier molecular flexibility index (Phi) is 3.43. The highest BCUT2D eigenvalue weighted by Crippen LogP contribution is 2.06. The van der Waals surface area contributed by atoms with Crippen LogP contribution in [0.1, 0.15) is 10.5 Å².